The van der Waals surface area contributed by atoms with E-state index in [-0.39, 0.29) is 17.4 Å². The fourth-order valence-electron chi connectivity index (χ4n) is 3.04. The Morgan fingerprint density at radius 2 is 2.24 bits per heavy atom. The van der Waals surface area contributed by atoms with Gasteiger partial charge in [0.05, 0.1) is 18.3 Å². The number of rotatable bonds is 4. The van der Waals surface area contributed by atoms with E-state index < -0.39 is 0 Å². The molecule has 1 unspecified atom stereocenters. The number of aromatic nitrogens is 1. The van der Waals surface area contributed by atoms with Crippen LogP contribution >= 0.6 is 0 Å². The number of pyridine rings is 1. The molecule has 21 heavy (non-hydrogen) atoms. The number of piperidine rings is 1. The number of hydrogen-bond acceptors (Lipinski definition) is 3. The van der Waals surface area contributed by atoms with Crippen molar-refractivity contribution >= 4 is 5.91 Å². The fraction of sp³-hybridized carbons (Fsp3) is 0.647. The molecule has 1 aromatic heterocycles. The Bertz CT molecular complexity index is 499. The highest BCUT2D eigenvalue weighted by Crippen LogP contribution is 2.31. The summed E-state index contributed by atoms with van der Waals surface area (Å²) in [7, 11) is 0. The summed E-state index contributed by atoms with van der Waals surface area (Å²) in [6, 6.07) is 5.88. The van der Waals surface area contributed by atoms with Crippen LogP contribution in [-0.4, -0.2) is 34.9 Å². The van der Waals surface area contributed by atoms with Gasteiger partial charge >= 0.3 is 0 Å². The van der Waals surface area contributed by atoms with Crippen LogP contribution in [0.25, 0.3) is 0 Å². The number of likely N-dealkylation sites (N-methyl/N-ethyl adjacent to an activating group) is 1. The van der Waals surface area contributed by atoms with E-state index in [9.17, 15) is 4.79 Å². The molecule has 1 atom stereocenters. The maximum atomic E-state index is 12.9. The second-order valence-electron chi connectivity index (χ2n) is 6.60. The van der Waals surface area contributed by atoms with Crippen LogP contribution in [0.15, 0.2) is 18.2 Å². The Morgan fingerprint density at radius 1 is 1.48 bits per heavy atom. The van der Waals surface area contributed by atoms with Crippen molar-refractivity contribution in [1.82, 2.24) is 15.2 Å². The number of amides is 1. The van der Waals surface area contributed by atoms with E-state index in [0.29, 0.717) is 13.1 Å². The predicted octanol–water partition coefficient (Wildman–Crippen LogP) is 2.52. The van der Waals surface area contributed by atoms with Crippen molar-refractivity contribution in [2.45, 2.75) is 53.1 Å². The molecule has 4 nitrogen and oxygen atoms in total. The highest BCUT2D eigenvalue weighted by Gasteiger charge is 2.38. The highest BCUT2D eigenvalue weighted by molar-refractivity contribution is 5.82. The Morgan fingerprint density at radius 3 is 2.86 bits per heavy atom. The first-order valence-electron chi connectivity index (χ1n) is 7.89. The molecule has 1 amide bonds. The van der Waals surface area contributed by atoms with Crippen molar-refractivity contribution < 1.29 is 4.79 Å². The van der Waals surface area contributed by atoms with E-state index in [1.54, 1.807) is 0 Å². The van der Waals surface area contributed by atoms with E-state index in [2.05, 4.69) is 24.1 Å². The molecule has 116 valence electrons. The van der Waals surface area contributed by atoms with Gasteiger partial charge in [0.25, 0.3) is 0 Å². The van der Waals surface area contributed by atoms with Gasteiger partial charge in [-0.05, 0) is 50.8 Å². The van der Waals surface area contributed by atoms with Crippen molar-refractivity contribution in [2.75, 3.05) is 13.1 Å². The average Bonchev–Trinajstić information content (AvgIpc) is 2.43. The number of carbonyl (C=O) groups excluding carboxylic acids is 1. The van der Waals surface area contributed by atoms with Gasteiger partial charge in [0, 0.05) is 12.2 Å². The predicted molar refractivity (Wildman–Crippen MR) is 84.9 cm³/mol. The highest BCUT2D eigenvalue weighted by atomic mass is 16.2. The summed E-state index contributed by atoms with van der Waals surface area (Å²) in [5, 5.41) is 3.41. The third-order valence-corrected chi connectivity index (χ3v) is 4.37. The second kappa shape index (κ2) is 6.56. The van der Waals surface area contributed by atoms with Crippen molar-refractivity contribution in [2.24, 2.45) is 5.41 Å². The Balaban J connectivity index is 2.11. The number of nitrogens with zero attached hydrogens (tertiary/aromatic N) is 2. The zero-order chi connectivity index (χ0) is 15.5. The quantitative estimate of drug-likeness (QED) is 0.926. The van der Waals surface area contributed by atoms with E-state index in [1.165, 1.54) is 0 Å². The summed E-state index contributed by atoms with van der Waals surface area (Å²) in [6.45, 7) is 10.6. The van der Waals surface area contributed by atoms with Gasteiger partial charge in [-0.3, -0.25) is 9.78 Å². The summed E-state index contributed by atoms with van der Waals surface area (Å²) in [6.07, 6.45) is 2.24. The summed E-state index contributed by atoms with van der Waals surface area (Å²) in [5.74, 6) is 0.200. The number of hydrogen-bond donors (Lipinski definition) is 1. The minimum atomic E-state index is -0.0870. The van der Waals surface area contributed by atoms with Gasteiger partial charge in [-0.2, -0.15) is 0 Å². The molecule has 0 spiro atoms. The summed E-state index contributed by atoms with van der Waals surface area (Å²) in [5.41, 5.74) is 1.97. The molecule has 0 aromatic carbocycles. The second-order valence-corrected chi connectivity index (χ2v) is 6.60. The summed E-state index contributed by atoms with van der Waals surface area (Å²) < 4.78 is 0. The lowest BCUT2D eigenvalue weighted by Gasteiger charge is -2.40. The first-order chi connectivity index (χ1) is 9.94. The monoisotopic (exact) mass is 289 g/mol. The van der Waals surface area contributed by atoms with Gasteiger partial charge in [0.2, 0.25) is 5.91 Å². The van der Waals surface area contributed by atoms with Gasteiger partial charge in [0.15, 0.2) is 0 Å². The standard InChI is InChI=1S/C17H27N3O/c1-5-20(12-14-9-6-8-13(2)19-14)16(21)15-17(3,4)10-7-11-18-15/h6,8-9,15,18H,5,7,10-12H2,1-4H3. The zero-order valence-electron chi connectivity index (χ0n) is 13.6. The van der Waals surface area contributed by atoms with Crippen LogP contribution in [-0.2, 0) is 11.3 Å². The molecule has 0 saturated carbocycles. The number of nitrogens with one attached hydrogen (secondary N) is 1. The number of carbonyl (C=O) groups is 1. The van der Waals surface area contributed by atoms with Crippen molar-refractivity contribution in [3.8, 4) is 0 Å². The van der Waals surface area contributed by atoms with Gasteiger partial charge in [-0.1, -0.05) is 19.9 Å². The molecule has 1 aromatic rings. The van der Waals surface area contributed by atoms with Crippen LogP contribution in [0, 0.1) is 12.3 Å². The lowest BCUT2D eigenvalue weighted by atomic mass is 9.77. The Kier molecular flexibility index (Phi) is 4.99. The molecule has 1 N–H and O–H groups in total. The Labute approximate surface area is 127 Å². The van der Waals surface area contributed by atoms with Crippen LogP contribution in [0.2, 0.25) is 0 Å². The molecule has 1 saturated heterocycles. The van der Waals surface area contributed by atoms with Gasteiger partial charge in [-0.15, -0.1) is 0 Å². The topological polar surface area (TPSA) is 45.2 Å². The van der Waals surface area contributed by atoms with Crippen molar-refractivity contribution in [3.63, 3.8) is 0 Å². The lowest BCUT2D eigenvalue weighted by molar-refractivity contribution is -0.137. The molecule has 2 heterocycles. The van der Waals surface area contributed by atoms with Crippen LogP contribution < -0.4 is 5.32 Å². The van der Waals surface area contributed by atoms with Gasteiger partial charge in [-0.25, -0.2) is 0 Å². The molecule has 0 bridgehead atoms. The number of aryl methyl sites for hydroxylation is 1. The maximum Gasteiger partial charge on any atom is 0.240 e. The normalized spacial score (nSPS) is 21.0. The fourth-order valence-corrected chi connectivity index (χ4v) is 3.04. The zero-order valence-corrected chi connectivity index (χ0v) is 13.6. The van der Waals surface area contributed by atoms with Crippen LogP contribution in [0.3, 0.4) is 0 Å². The molecule has 1 fully saturated rings. The average molecular weight is 289 g/mol. The van der Waals surface area contributed by atoms with Crippen LogP contribution in [0.4, 0.5) is 0 Å². The van der Waals surface area contributed by atoms with Crippen LogP contribution in [0.5, 0.6) is 0 Å². The van der Waals surface area contributed by atoms with Crippen molar-refractivity contribution in [3.05, 3.63) is 29.6 Å². The first-order valence-corrected chi connectivity index (χ1v) is 7.89. The SMILES string of the molecule is CCN(Cc1cccc(C)n1)C(=O)C1NCCCC1(C)C. The first kappa shape index (κ1) is 16.0. The van der Waals surface area contributed by atoms with Crippen LogP contribution in [0.1, 0.15) is 45.0 Å². The van der Waals surface area contributed by atoms with Gasteiger partial charge in [0.1, 0.15) is 0 Å². The van der Waals surface area contributed by atoms with E-state index >= 15 is 0 Å². The maximum absolute atomic E-state index is 12.9. The van der Waals surface area contributed by atoms with Gasteiger partial charge < -0.3 is 10.2 Å². The summed E-state index contributed by atoms with van der Waals surface area (Å²) in [4.78, 5) is 19.3. The molecule has 0 aliphatic carbocycles. The van der Waals surface area contributed by atoms with E-state index in [1.807, 2.05) is 36.9 Å². The lowest BCUT2D eigenvalue weighted by Crippen LogP contribution is -2.56. The van der Waals surface area contributed by atoms with Crippen molar-refractivity contribution in [1.29, 1.82) is 0 Å². The minimum absolute atomic E-state index is 0.0167. The Hall–Kier alpha value is -1.42. The molecule has 0 radical (unpaired) electrons. The molecular weight excluding hydrogens is 262 g/mol. The molecule has 4 heteroatoms. The smallest absolute Gasteiger partial charge is 0.240 e. The molecular formula is C17H27N3O. The third-order valence-electron chi connectivity index (χ3n) is 4.37. The molecule has 2 rings (SSSR count). The molecule has 1 aliphatic rings. The molecule has 1 aliphatic heterocycles. The minimum Gasteiger partial charge on any atom is -0.336 e. The third kappa shape index (κ3) is 3.82. The summed E-state index contributed by atoms with van der Waals surface area (Å²) >= 11 is 0. The van der Waals surface area contributed by atoms with E-state index in [4.69, 9.17) is 0 Å². The van der Waals surface area contributed by atoms with E-state index in [0.717, 1.165) is 30.8 Å². The largest absolute Gasteiger partial charge is 0.336 e.